The van der Waals surface area contributed by atoms with E-state index in [1.807, 2.05) is 57.2 Å². The van der Waals surface area contributed by atoms with Gasteiger partial charge in [-0.2, -0.15) is 0 Å². The van der Waals surface area contributed by atoms with E-state index >= 15 is 0 Å². The summed E-state index contributed by atoms with van der Waals surface area (Å²) in [6.45, 7) is 6.18. The molecule has 0 radical (unpaired) electrons. The minimum Gasteiger partial charge on any atom is -0.465 e. The van der Waals surface area contributed by atoms with Crippen LogP contribution < -0.4 is 0 Å². The van der Waals surface area contributed by atoms with Crippen LogP contribution in [0, 0.1) is 6.92 Å². The SMILES string of the molecule is CCOC(=O)C(C)(Cc1cccnc1)c1ccccc1C. The summed E-state index contributed by atoms with van der Waals surface area (Å²) in [5.41, 5.74) is 2.42. The number of esters is 1. The first-order valence-corrected chi connectivity index (χ1v) is 7.20. The van der Waals surface area contributed by atoms with E-state index in [0.29, 0.717) is 13.0 Å². The molecule has 110 valence electrons. The van der Waals surface area contributed by atoms with Gasteiger partial charge in [-0.15, -0.1) is 0 Å². The molecule has 0 amide bonds. The van der Waals surface area contributed by atoms with Crippen molar-refractivity contribution in [2.24, 2.45) is 0 Å². The number of benzene rings is 1. The van der Waals surface area contributed by atoms with Crippen LogP contribution in [0.2, 0.25) is 0 Å². The molecule has 0 spiro atoms. The molecule has 3 heteroatoms. The summed E-state index contributed by atoms with van der Waals surface area (Å²) in [4.78, 5) is 16.7. The zero-order valence-electron chi connectivity index (χ0n) is 12.8. The van der Waals surface area contributed by atoms with Crippen molar-refractivity contribution in [3.05, 3.63) is 65.5 Å². The summed E-state index contributed by atoms with van der Waals surface area (Å²) in [6, 6.07) is 11.8. The molecule has 1 unspecified atom stereocenters. The molecule has 0 saturated carbocycles. The van der Waals surface area contributed by atoms with Crippen LogP contribution in [0.15, 0.2) is 48.8 Å². The number of carbonyl (C=O) groups is 1. The van der Waals surface area contributed by atoms with E-state index in [9.17, 15) is 4.79 Å². The zero-order chi connectivity index (χ0) is 15.3. The van der Waals surface area contributed by atoms with Gasteiger partial charge in [0.25, 0.3) is 0 Å². The molecule has 1 aromatic heterocycles. The number of hydrogen-bond donors (Lipinski definition) is 0. The Morgan fingerprint density at radius 2 is 2.00 bits per heavy atom. The van der Waals surface area contributed by atoms with E-state index in [4.69, 9.17) is 4.74 Å². The van der Waals surface area contributed by atoms with Crippen molar-refractivity contribution in [1.29, 1.82) is 0 Å². The van der Waals surface area contributed by atoms with Gasteiger partial charge in [0.1, 0.15) is 0 Å². The number of ether oxygens (including phenoxy) is 1. The minimum absolute atomic E-state index is 0.192. The Morgan fingerprint density at radius 1 is 1.24 bits per heavy atom. The average Bonchev–Trinajstić information content (AvgIpc) is 2.48. The first-order valence-electron chi connectivity index (χ1n) is 7.20. The summed E-state index contributed by atoms with van der Waals surface area (Å²) in [7, 11) is 0. The lowest BCUT2D eigenvalue weighted by molar-refractivity contribution is -0.149. The molecule has 1 atom stereocenters. The molecule has 2 rings (SSSR count). The van der Waals surface area contributed by atoms with E-state index in [1.165, 1.54) is 0 Å². The van der Waals surface area contributed by atoms with E-state index in [0.717, 1.165) is 16.7 Å². The summed E-state index contributed by atoms with van der Waals surface area (Å²) >= 11 is 0. The number of rotatable bonds is 5. The standard InChI is InChI=1S/C18H21NO2/c1-4-21-17(20)18(3,12-15-9-7-11-19-13-15)16-10-6-5-8-14(16)2/h5-11,13H,4,12H2,1-3H3. The zero-order valence-corrected chi connectivity index (χ0v) is 12.8. The molecule has 0 fully saturated rings. The molecule has 2 aromatic rings. The Balaban J connectivity index is 2.44. The number of aryl methyl sites for hydroxylation is 1. The van der Waals surface area contributed by atoms with Crippen LogP contribution in [-0.2, 0) is 21.4 Å². The predicted octanol–water partition coefficient (Wildman–Crippen LogP) is 3.45. The van der Waals surface area contributed by atoms with Gasteiger partial charge in [0.15, 0.2) is 0 Å². The summed E-state index contributed by atoms with van der Waals surface area (Å²) < 4.78 is 5.33. The summed E-state index contributed by atoms with van der Waals surface area (Å²) in [5.74, 6) is -0.192. The molecule has 0 bridgehead atoms. The quantitative estimate of drug-likeness (QED) is 0.789. The second-order valence-electron chi connectivity index (χ2n) is 5.41. The van der Waals surface area contributed by atoms with Crippen LogP contribution >= 0.6 is 0 Å². The second kappa shape index (κ2) is 6.53. The fraction of sp³-hybridized carbons (Fsp3) is 0.333. The molecule has 0 aliphatic carbocycles. The molecule has 21 heavy (non-hydrogen) atoms. The van der Waals surface area contributed by atoms with Crippen molar-refractivity contribution in [3.63, 3.8) is 0 Å². The van der Waals surface area contributed by atoms with Gasteiger partial charge in [-0.05, 0) is 49.9 Å². The molecule has 1 heterocycles. The maximum absolute atomic E-state index is 12.6. The molecule has 3 nitrogen and oxygen atoms in total. The van der Waals surface area contributed by atoms with Gasteiger partial charge in [-0.3, -0.25) is 9.78 Å². The topological polar surface area (TPSA) is 39.2 Å². The lowest BCUT2D eigenvalue weighted by Crippen LogP contribution is -2.37. The van der Waals surface area contributed by atoms with Crippen LogP contribution in [0.5, 0.6) is 0 Å². The lowest BCUT2D eigenvalue weighted by atomic mass is 9.75. The van der Waals surface area contributed by atoms with Gasteiger partial charge in [0.2, 0.25) is 0 Å². The summed E-state index contributed by atoms with van der Waals surface area (Å²) in [5, 5.41) is 0. The number of pyridine rings is 1. The van der Waals surface area contributed by atoms with Crippen LogP contribution in [0.25, 0.3) is 0 Å². The van der Waals surface area contributed by atoms with Crippen LogP contribution in [0.1, 0.15) is 30.5 Å². The minimum atomic E-state index is -0.704. The van der Waals surface area contributed by atoms with Crippen molar-refractivity contribution in [3.8, 4) is 0 Å². The highest BCUT2D eigenvalue weighted by molar-refractivity contribution is 5.83. The number of carbonyl (C=O) groups excluding carboxylic acids is 1. The highest BCUT2D eigenvalue weighted by atomic mass is 16.5. The van der Waals surface area contributed by atoms with Gasteiger partial charge in [0.05, 0.1) is 12.0 Å². The van der Waals surface area contributed by atoms with Gasteiger partial charge < -0.3 is 4.74 Å². The van der Waals surface area contributed by atoms with E-state index < -0.39 is 5.41 Å². The Kier molecular flexibility index (Phi) is 4.73. The Labute approximate surface area is 126 Å². The van der Waals surface area contributed by atoms with Crippen molar-refractivity contribution in [2.75, 3.05) is 6.61 Å². The molecular formula is C18H21NO2. The average molecular weight is 283 g/mol. The first-order chi connectivity index (χ1) is 10.1. The molecule has 0 saturated heterocycles. The number of nitrogens with zero attached hydrogens (tertiary/aromatic N) is 1. The van der Waals surface area contributed by atoms with Crippen LogP contribution in [0.3, 0.4) is 0 Å². The van der Waals surface area contributed by atoms with Gasteiger partial charge in [-0.25, -0.2) is 0 Å². The Bertz CT molecular complexity index is 610. The molecule has 1 aromatic carbocycles. The largest absolute Gasteiger partial charge is 0.465 e. The second-order valence-corrected chi connectivity index (χ2v) is 5.41. The van der Waals surface area contributed by atoms with E-state index in [1.54, 1.807) is 12.4 Å². The normalized spacial score (nSPS) is 13.5. The third-order valence-electron chi connectivity index (χ3n) is 3.75. The Morgan fingerprint density at radius 3 is 2.62 bits per heavy atom. The maximum Gasteiger partial charge on any atom is 0.316 e. The molecule has 0 N–H and O–H groups in total. The van der Waals surface area contributed by atoms with Crippen molar-refractivity contribution in [2.45, 2.75) is 32.6 Å². The van der Waals surface area contributed by atoms with E-state index in [-0.39, 0.29) is 5.97 Å². The predicted molar refractivity (Wildman–Crippen MR) is 83.1 cm³/mol. The molecular weight excluding hydrogens is 262 g/mol. The highest BCUT2D eigenvalue weighted by Gasteiger charge is 2.38. The van der Waals surface area contributed by atoms with Gasteiger partial charge in [0, 0.05) is 12.4 Å². The van der Waals surface area contributed by atoms with Gasteiger partial charge >= 0.3 is 5.97 Å². The lowest BCUT2D eigenvalue weighted by Gasteiger charge is -2.29. The summed E-state index contributed by atoms with van der Waals surface area (Å²) in [6.07, 6.45) is 4.11. The monoisotopic (exact) mass is 283 g/mol. The number of aromatic nitrogens is 1. The number of hydrogen-bond acceptors (Lipinski definition) is 3. The van der Waals surface area contributed by atoms with Crippen molar-refractivity contribution < 1.29 is 9.53 Å². The van der Waals surface area contributed by atoms with Crippen LogP contribution in [-0.4, -0.2) is 17.6 Å². The third kappa shape index (κ3) is 3.30. The maximum atomic E-state index is 12.6. The van der Waals surface area contributed by atoms with Crippen LogP contribution in [0.4, 0.5) is 0 Å². The molecule has 0 aliphatic rings. The van der Waals surface area contributed by atoms with E-state index in [2.05, 4.69) is 4.98 Å². The van der Waals surface area contributed by atoms with Gasteiger partial charge in [-0.1, -0.05) is 30.3 Å². The Hall–Kier alpha value is -2.16. The third-order valence-corrected chi connectivity index (χ3v) is 3.75. The fourth-order valence-electron chi connectivity index (χ4n) is 2.67. The smallest absolute Gasteiger partial charge is 0.316 e. The first kappa shape index (κ1) is 15.2. The van der Waals surface area contributed by atoms with Crippen molar-refractivity contribution in [1.82, 2.24) is 4.98 Å². The van der Waals surface area contributed by atoms with Crippen molar-refractivity contribution >= 4 is 5.97 Å². The molecule has 0 aliphatic heterocycles. The highest BCUT2D eigenvalue weighted by Crippen LogP contribution is 2.32. The fourth-order valence-corrected chi connectivity index (χ4v) is 2.67.